The maximum Gasteiger partial charge on any atom is 0.276 e. The van der Waals surface area contributed by atoms with Crippen LogP contribution in [0, 0.1) is 6.92 Å². The molecule has 0 bridgehead atoms. The van der Waals surface area contributed by atoms with E-state index in [0.29, 0.717) is 10.8 Å². The highest BCUT2D eigenvalue weighted by molar-refractivity contribution is 7.14. The summed E-state index contributed by atoms with van der Waals surface area (Å²) >= 11 is 1.39. The summed E-state index contributed by atoms with van der Waals surface area (Å²) in [5, 5.41) is 5.21. The van der Waals surface area contributed by atoms with Gasteiger partial charge in [-0.1, -0.05) is 23.8 Å². The molecule has 0 aliphatic rings. The van der Waals surface area contributed by atoms with E-state index < -0.39 is 0 Å². The molecule has 0 saturated heterocycles. The van der Waals surface area contributed by atoms with Gasteiger partial charge in [-0.05, 0) is 19.1 Å². The van der Waals surface area contributed by atoms with Crippen molar-refractivity contribution in [3.63, 3.8) is 0 Å². The van der Waals surface area contributed by atoms with Gasteiger partial charge in [-0.3, -0.25) is 10.1 Å². The van der Waals surface area contributed by atoms with Crippen LogP contribution in [-0.4, -0.2) is 20.9 Å². The molecule has 0 fully saturated rings. The summed E-state index contributed by atoms with van der Waals surface area (Å²) in [6.07, 6.45) is 2.87. The monoisotopic (exact) mass is 296 g/mol. The SMILES string of the molecule is Cc1cccc(-c2csc(NC(=O)c3ccncn3)n2)c1. The fourth-order valence-corrected chi connectivity index (χ4v) is 2.57. The highest BCUT2D eigenvalue weighted by atomic mass is 32.1. The predicted molar refractivity (Wildman–Crippen MR) is 82.3 cm³/mol. The van der Waals surface area contributed by atoms with Crippen molar-refractivity contribution in [2.45, 2.75) is 6.92 Å². The van der Waals surface area contributed by atoms with Gasteiger partial charge in [0.1, 0.15) is 12.0 Å². The number of aryl methyl sites for hydroxylation is 1. The van der Waals surface area contributed by atoms with Gasteiger partial charge in [-0.25, -0.2) is 15.0 Å². The Balaban J connectivity index is 1.78. The van der Waals surface area contributed by atoms with Crippen molar-refractivity contribution in [3.8, 4) is 11.3 Å². The van der Waals surface area contributed by atoms with E-state index >= 15 is 0 Å². The minimum Gasteiger partial charge on any atom is -0.296 e. The van der Waals surface area contributed by atoms with E-state index in [1.165, 1.54) is 29.4 Å². The van der Waals surface area contributed by atoms with Gasteiger partial charge in [0, 0.05) is 17.1 Å². The fourth-order valence-electron chi connectivity index (χ4n) is 1.85. The maximum atomic E-state index is 12.0. The first-order chi connectivity index (χ1) is 10.2. The molecule has 3 rings (SSSR count). The number of carbonyl (C=O) groups excluding carboxylic acids is 1. The van der Waals surface area contributed by atoms with E-state index in [4.69, 9.17) is 0 Å². The van der Waals surface area contributed by atoms with E-state index in [1.54, 1.807) is 6.07 Å². The summed E-state index contributed by atoms with van der Waals surface area (Å²) in [4.78, 5) is 24.1. The van der Waals surface area contributed by atoms with Gasteiger partial charge >= 0.3 is 0 Å². The van der Waals surface area contributed by atoms with Crippen molar-refractivity contribution in [1.29, 1.82) is 0 Å². The van der Waals surface area contributed by atoms with E-state index in [0.717, 1.165) is 11.3 Å². The van der Waals surface area contributed by atoms with Crippen molar-refractivity contribution in [1.82, 2.24) is 15.0 Å². The zero-order valence-electron chi connectivity index (χ0n) is 11.3. The van der Waals surface area contributed by atoms with Gasteiger partial charge in [-0.2, -0.15) is 0 Å². The first-order valence-electron chi connectivity index (χ1n) is 6.32. The Labute approximate surface area is 125 Å². The number of nitrogens with zero attached hydrogens (tertiary/aromatic N) is 3. The second-order valence-corrected chi connectivity index (χ2v) is 5.31. The van der Waals surface area contributed by atoms with Crippen molar-refractivity contribution in [2.24, 2.45) is 0 Å². The second kappa shape index (κ2) is 5.80. The quantitative estimate of drug-likeness (QED) is 0.806. The van der Waals surface area contributed by atoms with Crippen molar-refractivity contribution < 1.29 is 4.79 Å². The van der Waals surface area contributed by atoms with Gasteiger partial charge in [0.25, 0.3) is 5.91 Å². The van der Waals surface area contributed by atoms with Crippen LogP contribution >= 0.6 is 11.3 Å². The number of nitrogens with one attached hydrogen (secondary N) is 1. The van der Waals surface area contributed by atoms with Crippen LogP contribution in [0.2, 0.25) is 0 Å². The molecule has 2 aromatic heterocycles. The third-order valence-electron chi connectivity index (χ3n) is 2.85. The molecule has 3 aromatic rings. The molecular formula is C15H12N4OS. The maximum absolute atomic E-state index is 12.0. The van der Waals surface area contributed by atoms with E-state index in [-0.39, 0.29) is 5.91 Å². The molecule has 0 aliphatic heterocycles. The fraction of sp³-hybridized carbons (Fsp3) is 0.0667. The Hall–Kier alpha value is -2.60. The summed E-state index contributed by atoms with van der Waals surface area (Å²) in [6, 6.07) is 9.64. The Morgan fingerprint density at radius 1 is 1.29 bits per heavy atom. The van der Waals surface area contributed by atoms with Gasteiger partial charge < -0.3 is 0 Å². The Kier molecular flexibility index (Phi) is 3.70. The molecule has 1 aromatic carbocycles. The van der Waals surface area contributed by atoms with Crippen LogP contribution in [0.1, 0.15) is 16.1 Å². The molecule has 5 nitrogen and oxygen atoms in total. The molecule has 0 aliphatic carbocycles. The van der Waals surface area contributed by atoms with Crippen LogP contribution in [-0.2, 0) is 0 Å². The summed E-state index contributed by atoms with van der Waals surface area (Å²) in [6.45, 7) is 2.04. The third-order valence-corrected chi connectivity index (χ3v) is 3.61. The van der Waals surface area contributed by atoms with E-state index in [9.17, 15) is 4.79 Å². The lowest BCUT2D eigenvalue weighted by Gasteiger charge is -2.00. The number of thiazole rings is 1. The minimum atomic E-state index is -0.289. The molecule has 0 radical (unpaired) electrons. The van der Waals surface area contributed by atoms with Gasteiger partial charge in [0.2, 0.25) is 0 Å². The molecule has 0 unspecified atom stereocenters. The van der Waals surface area contributed by atoms with Crippen LogP contribution in [0.5, 0.6) is 0 Å². The zero-order valence-corrected chi connectivity index (χ0v) is 12.1. The molecule has 1 N–H and O–H groups in total. The molecule has 104 valence electrons. The lowest BCUT2D eigenvalue weighted by Crippen LogP contribution is -2.13. The Bertz CT molecular complexity index is 770. The number of rotatable bonds is 3. The van der Waals surface area contributed by atoms with E-state index in [2.05, 4.69) is 26.3 Å². The highest BCUT2D eigenvalue weighted by Gasteiger charge is 2.10. The molecule has 6 heteroatoms. The highest BCUT2D eigenvalue weighted by Crippen LogP contribution is 2.25. The summed E-state index contributed by atoms with van der Waals surface area (Å²) in [5.74, 6) is -0.289. The summed E-state index contributed by atoms with van der Waals surface area (Å²) < 4.78 is 0. The first-order valence-corrected chi connectivity index (χ1v) is 7.20. The third kappa shape index (κ3) is 3.11. The summed E-state index contributed by atoms with van der Waals surface area (Å²) in [5.41, 5.74) is 3.37. The van der Waals surface area contributed by atoms with Crippen molar-refractivity contribution in [2.75, 3.05) is 5.32 Å². The molecule has 0 saturated carbocycles. The zero-order chi connectivity index (χ0) is 14.7. The Morgan fingerprint density at radius 3 is 2.95 bits per heavy atom. The summed E-state index contributed by atoms with van der Waals surface area (Å²) in [7, 11) is 0. The van der Waals surface area contributed by atoms with Gasteiger partial charge in [0.05, 0.1) is 5.69 Å². The average molecular weight is 296 g/mol. The largest absolute Gasteiger partial charge is 0.296 e. The standard InChI is InChI=1S/C15H12N4OS/c1-10-3-2-4-11(7-10)13-8-21-15(18-13)19-14(20)12-5-6-16-9-17-12/h2-9H,1H3,(H,18,19,20). The predicted octanol–water partition coefficient (Wildman–Crippen LogP) is 3.16. The average Bonchev–Trinajstić information content (AvgIpc) is 2.97. The van der Waals surface area contributed by atoms with Crippen molar-refractivity contribution >= 4 is 22.4 Å². The lowest BCUT2D eigenvalue weighted by atomic mass is 10.1. The number of hydrogen-bond donors (Lipinski definition) is 1. The molecule has 0 atom stereocenters. The molecular weight excluding hydrogens is 284 g/mol. The lowest BCUT2D eigenvalue weighted by molar-refractivity contribution is 0.102. The van der Waals surface area contributed by atoms with Crippen LogP contribution in [0.25, 0.3) is 11.3 Å². The Morgan fingerprint density at radius 2 is 2.19 bits per heavy atom. The minimum absolute atomic E-state index is 0.289. The van der Waals surface area contributed by atoms with Gasteiger partial charge in [0.15, 0.2) is 5.13 Å². The molecule has 21 heavy (non-hydrogen) atoms. The van der Waals surface area contributed by atoms with Crippen LogP contribution in [0.3, 0.4) is 0 Å². The topological polar surface area (TPSA) is 67.8 Å². The van der Waals surface area contributed by atoms with E-state index in [1.807, 2.05) is 30.5 Å². The van der Waals surface area contributed by atoms with Crippen molar-refractivity contribution in [3.05, 3.63) is 59.5 Å². The second-order valence-electron chi connectivity index (χ2n) is 4.46. The van der Waals surface area contributed by atoms with Gasteiger partial charge in [-0.15, -0.1) is 11.3 Å². The number of benzene rings is 1. The smallest absolute Gasteiger partial charge is 0.276 e. The normalized spacial score (nSPS) is 10.3. The first kappa shape index (κ1) is 13.4. The number of anilines is 1. The van der Waals surface area contributed by atoms with Crippen LogP contribution < -0.4 is 5.32 Å². The number of aromatic nitrogens is 3. The van der Waals surface area contributed by atoms with Crippen LogP contribution in [0.15, 0.2) is 48.2 Å². The number of amides is 1. The number of carbonyl (C=O) groups is 1. The molecule has 2 heterocycles. The molecule has 0 spiro atoms. The molecule has 1 amide bonds. The van der Waals surface area contributed by atoms with Crippen LogP contribution in [0.4, 0.5) is 5.13 Å². The number of hydrogen-bond acceptors (Lipinski definition) is 5.